The molecule has 0 heterocycles. The van der Waals surface area contributed by atoms with Gasteiger partial charge in [-0.2, -0.15) is 0 Å². The van der Waals surface area contributed by atoms with Crippen LogP contribution in [0.4, 0.5) is 0 Å². The third-order valence-electron chi connectivity index (χ3n) is 13.9. The largest absolute Gasteiger partial charge is 0.481 e. The van der Waals surface area contributed by atoms with E-state index in [1.807, 2.05) is 0 Å². The summed E-state index contributed by atoms with van der Waals surface area (Å²) >= 11 is 0. The molecule has 0 unspecified atom stereocenters. The van der Waals surface area contributed by atoms with Gasteiger partial charge in [0.25, 0.3) is 5.97 Å². The Kier molecular flexibility index (Phi) is 45.1. The first-order chi connectivity index (χ1) is 58.0. The molecule has 0 saturated heterocycles. The van der Waals surface area contributed by atoms with Gasteiger partial charge in [-0.1, -0.05) is 121 Å². The quantitative estimate of drug-likeness (QED) is 0.0337. The Morgan fingerprint density at radius 2 is 0.145 bits per heavy atom. The van der Waals surface area contributed by atoms with E-state index in [1.54, 1.807) is 0 Å². The van der Waals surface area contributed by atoms with Crippen molar-refractivity contribution in [2.45, 2.75) is 6.92 Å². The van der Waals surface area contributed by atoms with E-state index in [-0.39, 0.29) is 111 Å². The van der Waals surface area contributed by atoms with Crippen molar-refractivity contribution in [2.24, 2.45) is 0 Å². The van der Waals surface area contributed by atoms with E-state index >= 15 is 0 Å². The SMILES string of the molecule is CC(=O)O.O=C(O)c1ccccc1C(=O)O.O=C(O)c1ccccc1C(=O)O.O=C(O)c1ccccc1C(=O)O.O=C(O)c1ccccc1C(=O)O.O=C(O)c1ccccc1C(=O)O.O=C(O)c1ccccc1C(=O)O.O=C(O)c1ccccc1C(=O)O.O=C(O)c1ccccc1C(=O)O.O=C(O)c1ccccc1C(=O)O.O=C(O)c1ccccc1C(=O)O. The van der Waals surface area contributed by atoms with Gasteiger partial charge in [0.05, 0.1) is 111 Å². The van der Waals surface area contributed by atoms with Crippen LogP contribution in [-0.2, 0) is 4.79 Å². The number of benzene rings is 10. The summed E-state index contributed by atoms with van der Waals surface area (Å²) in [6.07, 6.45) is 0. The van der Waals surface area contributed by atoms with Crippen LogP contribution in [0.25, 0.3) is 0 Å². The second-order valence-electron chi connectivity index (χ2n) is 22.1. The summed E-state index contributed by atoms with van der Waals surface area (Å²) in [5.41, 5.74) is -3.80. The van der Waals surface area contributed by atoms with Crippen LogP contribution in [-0.4, -0.2) is 233 Å². The van der Waals surface area contributed by atoms with Crippen LogP contribution in [0.5, 0.6) is 0 Å². The topological polar surface area (TPSA) is 783 Å². The summed E-state index contributed by atoms with van der Waals surface area (Å²) in [6.45, 7) is 1.08. The van der Waals surface area contributed by atoms with Gasteiger partial charge in [-0.05, 0) is 121 Å². The van der Waals surface area contributed by atoms with E-state index in [2.05, 4.69) is 0 Å². The van der Waals surface area contributed by atoms with Crippen molar-refractivity contribution in [2.75, 3.05) is 0 Å². The van der Waals surface area contributed by atoms with Crippen molar-refractivity contribution in [3.8, 4) is 0 Å². The summed E-state index contributed by atoms with van der Waals surface area (Å²) in [7, 11) is 0. The molecule has 10 aromatic carbocycles. The predicted octanol–water partition coefficient (Wildman–Crippen LogP) is 10.9. The van der Waals surface area contributed by atoms with Gasteiger partial charge in [-0.25, -0.2) is 95.9 Å². The molecule has 0 aliphatic rings. The Labute approximate surface area is 691 Å². The molecule has 0 aromatic heterocycles. The molecular formula is C82H64O42. The fraction of sp³-hybridized carbons (Fsp3) is 0.0122. The number of carbonyl (C=O) groups is 21. The molecule has 124 heavy (non-hydrogen) atoms. The minimum Gasteiger partial charge on any atom is -0.481 e. The van der Waals surface area contributed by atoms with Gasteiger partial charge >= 0.3 is 119 Å². The first-order valence-corrected chi connectivity index (χ1v) is 32.8. The van der Waals surface area contributed by atoms with Crippen LogP contribution in [0, 0.1) is 0 Å². The fourth-order valence-electron chi connectivity index (χ4n) is 8.56. The lowest BCUT2D eigenvalue weighted by atomic mass is 10.1. The first kappa shape index (κ1) is 105. The van der Waals surface area contributed by atoms with Gasteiger partial charge in [-0.15, -0.1) is 0 Å². The summed E-state index contributed by atoms with van der Waals surface area (Å²) in [6, 6.07) is 54.8. The number of aromatic carboxylic acids is 20. The van der Waals surface area contributed by atoms with E-state index in [0.29, 0.717) is 0 Å². The van der Waals surface area contributed by atoms with Crippen molar-refractivity contribution >= 4 is 125 Å². The second-order valence-corrected chi connectivity index (χ2v) is 22.1. The van der Waals surface area contributed by atoms with Crippen LogP contribution >= 0.6 is 0 Å². The minimum absolute atomic E-state index is 0.190. The van der Waals surface area contributed by atoms with Crippen LogP contribution in [0.2, 0.25) is 0 Å². The third-order valence-corrected chi connectivity index (χ3v) is 13.9. The molecule has 0 aliphatic carbocycles. The summed E-state index contributed by atoms with van der Waals surface area (Å²) in [4.78, 5) is 218. The zero-order valence-electron chi connectivity index (χ0n) is 62.6. The highest BCUT2D eigenvalue weighted by Crippen LogP contribution is 2.16. The van der Waals surface area contributed by atoms with E-state index in [0.717, 1.165) is 6.92 Å². The van der Waals surface area contributed by atoms with Crippen molar-refractivity contribution in [3.63, 3.8) is 0 Å². The molecule has 644 valence electrons. The minimum atomic E-state index is -1.23. The van der Waals surface area contributed by atoms with Gasteiger partial charge in [0, 0.05) is 6.92 Å². The van der Waals surface area contributed by atoms with Crippen molar-refractivity contribution < 1.29 is 208 Å². The van der Waals surface area contributed by atoms with Crippen molar-refractivity contribution in [3.05, 3.63) is 354 Å². The Balaban J connectivity index is 0.00000135. The molecule has 10 rings (SSSR count). The average molecular weight is 1720 g/mol. The molecule has 0 spiro atoms. The van der Waals surface area contributed by atoms with Crippen LogP contribution in [0.3, 0.4) is 0 Å². The highest BCUT2D eigenvalue weighted by molar-refractivity contribution is 6.08. The lowest BCUT2D eigenvalue weighted by molar-refractivity contribution is -0.134. The summed E-state index contributed by atoms with van der Waals surface area (Å²) in [5, 5.41) is 178. The van der Waals surface area contributed by atoms with Crippen molar-refractivity contribution in [1.82, 2.24) is 0 Å². The van der Waals surface area contributed by atoms with Crippen molar-refractivity contribution in [1.29, 1.82) is 0 Å². The molecule has 21 N–H and O–H groups in total. The molecule has 0 bridgehead atoms. The number of aliphatic carboxylic acids is 1. The average Bonchev–Trinajstić information content (AvgIpc) is 0.940. The third kappa shape index (κ3) is 36.7. The number of hydrogen-bond donors (Lipinski definition) is 21. The predicted molar refractivity (Wildman–Crippen MR) is 417 cm³/mol. The Hall–Kier alpha value is -18.9. The van der Waals surface area contributed by atoms with Gasteiger partial charge in [0.1, 0.15) is 0 Å². The highest BCUT2D eigenvalue weighted by atomic mass is 16.4. The molecular weight excluding hydrogens is 1660 g/mol. The first-order valence-electron chi connectivity index (χ1n) is 32.8. The number of carboxylic acids is 21. The maximum atomic E-state index is 10.5. The number of hydrogen-bond acceptors (Lipinski definition) is 21. The molecule has 0 aliphatic heterocycles. The maximum Gasteiger partial charge on any atom is 0.336 e. The molecule has 0 atom stereocenters. The van der Waals surface area contributed by atoms with E-state index in [9.17, 15) is 95.9 Å². The molecule has 10 aromatic rings. The standard InChI is InChI=1S/10C8H6O4.C2H4O2/c10*9-7(10)5-3-1-2-4-6(5)8(11)12;1-2(3)4/h10*1-4H,(H,9,10)(H,11,12);1H3,(H,3,4). The van der Waals surface area contributed by atoms with Crippen LogP contribution in [0.1, 0.15) is 214 Å². The molecule has 42 heteroatoms. The summed E-state index contributed by atoms with van der Waals surface area (Å²) < 4.78 is 0. The molecule has 0 saturated carbocycles. The normalized spacial score (nSPS) is 9.23. The summed E-state index contributed by atoms with van der Waals surface area (Å²) in [5.74, 6) is -25.4. The number of carboxylic acid groups (broad SMARTS) is 21. The Morgan fingerprint density at radius 3 is 0.169 bits per heavy atom. The van der Waals surface area contributed by atoms with Gasteiger partial charge in [-0.3, -0.25) is 4.79 Å². The van der Waals surface area contributed by atoms with Gasteiger partial charge in [0.2, 0.25) is 0 Å². The smallest absolute Gasteiger partial charge is 0.336 e. The van der Waals surface area contributed by atoms with E-state index in [4.69, 9.17) is 112 Å². The monoisotopic (exact) mass is 1720 g/mol. The second kappa shape index (κ2) is 53.3. The van der Waals surface area contributed by atoms with Gasteiger partial charge in [0.15, 0.2) is 0 Å². The molecule has 42 nitrogen and oxygen atoms in total. The Morgan fingerprint density at radius 1 is 0.113 bits per heavy atom. The van der Waals surface area contributed by atoms with E-state index in [1.165, 1.54) is 243 Å². The molecule has 0 fully saturated rings. The molecule has 0 radical (unpaired) electrons. The Bertz CT molecular complexity index is 4200. The van der Waals surface area contributed by atoms with Gasteiger partial charge < -0.3 is 107 Å². The van der Waals surface area contributed by atoms with Crippen LogP contribution < -0.4 is 0 Å². The van der Waals surface area contributed by atoms with E-state index < -0.39 is 125 Å². The number of rotatable bonds is 20. The maximum absolute atomic E-state index is 10.5. The molecule has 0 amide bonds. The highest BCUT2D eigenvalue weighted by Gasteiger charge is 2.22. The zero-order chi connectivity index (χ0) is 95.0. The zero-order valence-corrected chi connectivity index (χ0v) is 62.6. The van der Waals surface area contributed by atoms with Crippen LogP contribution in [0.15, 0.2) is 243 Å². The fourth-order valence-corrected chi connectivity index (χ4v) is 8.56. The lowest BCUT2D eigenvalue weighted by Crippen LogP contribution is -2.06. The lowest BCUT2D eigenvalue weighted by Gasteiger charge is -1.98.